The first-order valence-electron chi connectivity index (χ1n) is 11.9. The Bertz CT molecular complexity index is 1390. The van der Waals surface area contributed by atoms with Gasteiger partial charge in [0, 0.05) is 41.7 Å². The van der Waals surface area contributed by atoms with E-state index in [4.69, 9.17) is 32.7 Å². The lowest BCUT2D eigenvalue weighted by Gasteiger charge is -2.26. The van der Waals surface area contributed by atoms with Crippen molar-refractivity contribution in [1.82, 2.24) is 4.90 Å². The molecule has 0 spiro atoms. The number of carbonyl (C=O) groups is 1. The van der Waals surface area contributed by atoms with E-state index in [1.54, 1.807) is 18.2 Å². The summed E-state index contributed by atoms with van der Waals surface area (Å²) in [6.07, 6.45) is 0. The Balaban J connectivity index is 1.33. The number of morpholine rings is 1. The monoisotopic (exact) mass is 520 g/mol. The van der Waals surface area contributed by atoms with Crippen molar-refractivity contribution in [3.8, 4) is 16.9 Å². The van der Waals surface area contributed by atoms with E-state index < -0.39 is 0 Å². The third kappa shape index (κ3) is 5.66. The molecule has 4 aromatic rings. The highest BCUT2D eigenvalue weighted by molar-refractivity contribution is 6.42. The van der Waals surface area contributed by atoms with Crippen LogP contribution in [0.5, 0.6) is 5.75 Å². The number of hydrogen-bond acceptors (Lipinski definition) is 4. The van der Waals surface area contributed by atoms with Gasteiger partial charge in [-0.2, -0.15) is 0 Å². The number of carbonyl (C=O) groups excluding carboxylic acids is 1. The summed E-state index contributed by atoms with van der Waals surface area (Å²) in [5.41, 5.74) is 3.06. The summed E-state index contributed by atoms with van der Waals surface area (Å²) in [4.78, 5) is 15.5. The topological polar surface area (TPSA) is 50.8 Å². The molecule has 0 atom stereocenters. The smallest absolute Gasteiger partial charge is 0.255 e. The van der Waals surface area contributed by atoms with Crippen LogP contribution in [0.3, 0.4) is 0 Å². The van der Waals surface area contributed by atoms with E-state index in [0.717, 1.165) is 66.2 Å². The van der Waals surface area contributed by atoms with E-state index in [2.05, 4.69) is 10.2 Å². The third-order valence-corrected chi connectivity index (χ3v) is 7.02. The number of fused-ring (bicyclic) bond motifs is 1. The number of hydrogen-bond donors (Lipinski definition) is 1. The van der Waals surface area contributed by atoms with Gasteiger partial charge in [0.2, 0.25) is 0 Å². The highest BCUT2D eigenvalue weighted by Crippen LogP contribution is 2.33. The molecule has 4 aromatic carbocycles. The molecule has 1 N–H and O–H groups in total. The van der Waals surface area contributed by atoms with E-state index in [0.29, 0.717) is 22.2 Å². The summed E-state index contributed by atoms with van der Waals surface area (Å²) in [5, 5.41) is 5.93. The van der Waals surface area contributed by atoms with Gasteiger partial charge in [-0.25, -0.2) is 0 Å². The molecule has 5 rings (SSSR count). The van der Waals surface area contributed by atoms with Crippen LogP contribution in [-0.2, 0) is 4.74 Å². The van der Waals surface area contributed by atoms with Gasteiger partial charge in [-0.05, 0) is 47.5 Å². The molecule has 1 aliphatic heterocycles. The van der Waals surface area contributed by atoms with E-state index in [1.807, 2.05) is 60.7 Å². The van der Waals surface area contributed by atoms with Crippen molar-refractivity contribution in [3.05, 3.63) is 94.5 Å². The minimum atomic E-state index is -0.192. The Kier molecular flexibility index (Phi) is 7.73. The molecule has 0 saturated carbocycles. The van der Waals surface area contributed by atoms with E-state index in [9.17, 15) is 4.79 Å². The normalized spacial score (nSPS) is 14.1. The molecule has 1 aliphatic rings. The average Bonchev–Trinajstić information content (AvgIpc) is 2.92. The minimum absolute atomic E-state index is 0.192. The second-order valence-corrected chi connectivity index (χ2v) is 9.44. The molecular formula is C29H26Cl2N2O3. The Labute approximate surface area is 220 Å². The highest BCUT2D eigenvalue weighted by Gasteiger charge is 2.14. The molecular weight excluding hydrogens is 495 g/mol. The molecule has 1 fully saturated rings. The summed E-state index contributed by atoms with van der Waals surface area (Å²) in [5.74, 6) is 0.613. The zero-order valence-electron chi connectivity index (χ0n) is 19.7. The number of ether oxygens (including phenoxy) is 2. The van der Waals surface area contributed by atoms with Crippen LogP contribution in [0.2, 0.25) is 10.0 Å². The van der Waals surface area contributed by atoms with E-state index >= 15 is 0 Å². The minimum Gasteiger partial charge on any atom is -0.492 e. The van der Waals surface area contributed by atoms with Crippen molar-refractivity contribution in [2.24, 2.45) is 0 Å². The Hall–Kier alpha value is -3.09. The second kappa shape index (κ2) is 11.3. The lowest BCUT2D eigenvalue weighted by atomic mass is 10.0. The maximum Gasteiger partial charge on any atom is 0.255 e. The van der Waals surface area contributed by atoms with Gasteiger partial charge in [0.1, 0.15) is 12.4 Å². The van der Waals surface area contributed by atoms with Crippen molar-refractivity contribution in [2.75, 3.05) is 44.8 Å². The standard InChI is InChI=1S/C29H26Cl2N2O3/c30-25-9-8-21(19-26(25)31)20-4-3-5-22(18-20)29(34)32-27-10-11-28(24-7-2-1-6-23(24)27)36-17-14-33-12-15-35-16-13-33/h1-11,18-19H,12-17H2,(H,32,34). The van der Waals surface area contributed by atoms with Crippen LogP contribution in [0.15, 0.2) is 78.9 Å². The first kappa shape index (κ1) is 24.6. The van der Waals surface area contributed by atoms with Gasteiger partial charge in [0.15, 0.2) is 0 Å². The van der Waals surface area contributed by atoms with Crippen LogP contribution < -0.4 is 10.1 Å². The molecule has 0 aromatic heterocycles. The van der Waals surface area contributed by atoms with Gasteiger partial charge < -0.3 is 14.8 Å². The fourth-order valence-corrected chi connectivity index (χ4v) is 4.62. The Morgan fingerprint density at radius 2 is 1.64 bits per heavy atom. The number of benzene rings is 4. The summed E-state index contributed by atoms with van der Waals surface area (Å²) in [6.45, 7) is 4.85. The predicted octanol–water partition coefficient (Wildman–Crippen LogP) is 6.78. The maximum atomic E-state index is 13.2. The van der Waals surface area contributed by atoms with Crippen molar-refractivity contribution in [3.63, 3.8) is 0 Å². The van der Waals surface area contributed by atoms with E-state index in [-0.39, 0.29) is 5.91 Å². The molecule has 0 bridgehead atoms. The zero-order valence-corrected chi connectivity index (χ0v) is 21.2. The first-order valence-corrected chi connectivity index (χ1v) is 12.7. The molecule has 5 nitrogen and oxygen atoms in total. The summed E-state index contributed by atoms with van der Waals surface area (Å²) in [7, 11) is 0. The lowest BCUT2D eigenvalue weighted by Crippen LogP contribution is -2.38. The SMILES string of the molecule is O=C(Nc1ccc(OCCN2CCOCC2)c2ccccc12)c1cccc(-c2ccc(Cl)c(Cl)c2)c1. The molecule has 7 heteroatoms. The number of rotatable bonds is 7. The Morgan fingerprint density at radius 1 is 0.861 bits per heavy atom. The van der Waals surface area contributed by atoms with Crippen LogP contribution in [0.25, 0.3) is 21.9 Å². The molecule has 0 aliphatic carbocycles. The number of nitrogens with zero attached hydrogens (tertiary/aromatic N) is 1. The van der Waals surface area contributed by atoms with Crippen LogP contribution in [-0.4, -0.2) is 50.3 Å². The summed E-state index contributed by atoms with van der Waals surface area (Å²) >= 11 is 12.2. The van der Waals surface area contributed by atoms with Crippen molar-refractivity contribution < 1.29 is 14.3 Å². The fourth-order valence-electron chi connectivity index (χ4n) is 4.33. The van der Waals surface area contributed by atoms with Gasteiger partial charge in [-0.15, -0.1) is 0 Å². The molecule has 184 valence electrons. The third-order valence-electron chi connectivity index (χ3n) is 6.28. The molecule has 0 unspecified atom stereocenters. The summed E-state index contributed by atoms with van der Waals surface area (Å²) in [6, 6.07) is 24.6. The predicted molar refractivity (Wildman–Crippen MR) is 147 cm³/mol. The van der Waals surface area contributed by atoms with Crippen molar-refractivity contribution in [1.29, 1.82) is 0 Å². The van der Waals surface area contributed by atoms with Gasteiger partial charge in [-0.3, -0.25) is 9.69 Å². The van der Waals surface area contributed by atoms with Crippen molar-refractivity contribution >= 4 is 45.6 Å². The van der Waals surface area contributed by atoms with Gasteiger partial charge in [0.05, 0.1) is 23.3 Å². The van der Waals surface area contributed by atoms with Gasteiger partial charge >= 0.3 is 0 Å². The number of anilines is 1. The second-order valence-electron chi connectivity index (χ2n) is 8.62. The zero-order chi connectivity index (χ0) is 24.9. The number of halogens is 2. The largest absolute Gasteiger partial charge is 0.492 e. The number of nitrogens with one attached hydrogen (secondary N) is 1. The van der Waals surface area contributed by atoms with Crippen molar-refractivity contribution in [2.45, 2.75) is 0 Å². The molecule has 1 amide bonds. The highest BCUT2D eigenvalue weighted by atomic mass is 35.5. The quantitative estimate of drug-likeness (QED) is 0.292. The lowest BCUT2D eigenvalue weighted by molar-refractivity contribution is 0.0323. The Morgan fingerprint density at radius 3 is 2.44 bits per heavy atom. The van der Waals surface area contributed by atoms with Crippen LogP contribution in [0.4, 0.5) is 5.69 Å². The molecule has 36 heavy (non-hydrogen) atoms. The maximum absolute atomic E-state index is 13.2. The fraction of sp³-hybridized carbons (Fsp3) is 0.207. The van der Waals surface area contributed by atoms with Crippen LogP contribution in [0.1, 0.15) is 10.4 Å². The van der Waals surface area contributed by atoms with E-state index in [1.165, 1.54) is 0 Å². The summed E-state index contributed by atoms with van der Waals surface area (Å²) < 4.78 is 11.5. The van der Waals surface area contributed by atoms with Crippen LogP contribution in [0, 0.1) is 0 Å². The number of amides is 1. The van der Waals surface area contributed by atoms with Gasteiger partial charge in [-0.1, -0.05) is 65.7 Å². The molecule has 1 saturated heterocycles. The molecule has 1 heterocycles. The van der Waals surface area contributed by atoms with Crippen LogP contribution >= 0.6 is 23.2 Å². The molecule has 0 radical (unpaired) electrons. The average molecular weight is 521 g/mol. The first-order chi connectivity index (χ1) is 17.6. The van der Waals surface area contributed by atoms with Gasteiger partial charge in [0.25, 0.3) is 5.91 Å².